The molecule has 0 spiro atoms. The number of hydrogen-bond acceptors (Lipinski definition) is 3. The lowest BCUT2D eigenvalue weighted by Crippen LogP contribution is -2.66. The van der Waals surface area contributed by atoms with E-state index in [1.54, 1.807) is 0 Å². The van der Waals surface area contributed by atoms with Gasteiger partial charge in [0.15, 0.2) is 0 Å². The first-order valence-corrected chi connectivity index (χ1v) is 5.27. The van der Waals surface area contributed by atoms with E-state index < -0.39 is 0 Å². The van der Waals surface area contributed by atoms with Crippen LogP contribution in [-0.2, 0) is 0 Å². The molecule has 11 heavy (non-hydrogen) atoms. The standard InChI is InChI=1S/C7H21N3Si/c1-5-10(6-2)7(11,8-3)9-4/h8-9H,5-6H2,1-4,11H3. The van der Waals surface area contributed by atoms with Gasteiger partial charge in [-0.25, -0.2) is 0 Å². The van der Waals surface area contributed by atoms with Crippen LogP contribution in [0.5, 0.6) is 0 Å². The second kappa shape index (κ2) is 4.87. The van der Waals surface area contributed by atoms with Gasteiger partial charge in [0.25, 0.3) is 0 Å². The van der Waals surface area contributed by atoms with Crippen molar-refractivity contribution in [3.05, 3.63) is 0 Å². The molecule has 0 bridgehead atoms. The van der Waals surface area contributed by atoms with Gasteiger partial charge < -0.3 is 0 Å². The summed E-state index contributed by atoms with van der Waals surface area (Å²) in [6.45, 7) is 6.54. The van der Waals surface area contributed by atoms with Crippen molar-refractivity contribution in [1.29, 1.82) is 0 Å². The molecule has 4 heteroatoms. The van der Waals surface area contributed by atoms with E-state index in [1.165, 1.54) is 0 Å². The van der Waals surface area contributed by atoms with Crippen molar-refractivity contribution in [2.45, 2.75) is 19.3 Å². The molecule has 0 saturated carbocycles. The Morgan fingerprint density at radius 1 is 1.18 bits per heavy atom. The van der Waals surface area contributed by atoms with Crippen LogP contribution < -0.4 is 10.6 Å². The maximum atomic E-state index is 3.31. The molecule has 0 heterocycles. The van der Waals surface area contributed by atoms with E-state index in [0.29, 0.717) is 0 Å². The van der Waals surface area contributed by atoms with Crippen molar-refractivity contribution in [3.63, 3.8) is 0 Å². The Morgan fingerprint density at radius 2 is 1.55 bits per heavy atom. The molecule has 0 unspecified atom stereocenters. The SMILES string of the molecule is CCN(CC)C([SiH3])(NC)NC. The van der Waals surface area contributed by atoms with Gasteiger partial charge in [-0.05, 0) is 27.2 Å². The Balaban J connectivity index is 4.19. The van der Waals surface area contributed by atoms with E-state index >= 15 is 0 Å². The molecule has 0 atom stereocenters. The van der Waals surface area contributed by atoms with Gasteiger partial charge in [0.2, 0.25) is 0 Å². The molecule has 0 aromatic heterocycles. The van der Waals surface area contributed by atoms with Crippen molar-refractivity contribution in [3.8, 4) is 0 Å². The summed E-state index contributed by atoms with van der Waals surface area (Å²) in [6.07, 6.45) is 0. The average Bonchev–Trinajstić information content (AvgIpc) is 2.06. The highest BCUT2D eigenvalue weighted by Gasteiger charge is 2.24. The van der Waals surface area contributed by atoms with Crippen LogP contribution in [0.3, 0.4) is 0 Å². The normalized spacial score (nSPS) is 12.8. The van der Waals surface area contributed by atoms with Crippen LogP contribution in [0, 0.1) is 0 Å². The Hall–Kier alpha value is 0.0969. The van der Waals surface area contributed by atoms with Crippen molar-refractivity contribution >= 4 is 10.2 Å². The van der Waals surface area contributed by atoms with Gasteiger partial charge in [0.05, 0.1) is 15.7 Å². The number of nitrogens with one attached hydrogen (secondary N) is 2. The molecule has 2 N–H and O–H groups in total. The molecule has 0 amide bonds. The van der Waals surface area contributed by atoms with Crippen LogP contribution >= 0.6 is 0 Å². The summed E-state index contributed by atoms with van der Waals surface area (Å²) < 4.78 is 0. The minimum Gasteiger partial charge on any atom is -0.294 e. The lowest BCUT2D eigenvalue weighted by molar-refractivity contribution is 0.124. The number of rotatable bonds is 5. The lowest BCUT2D eigenvalue weighted by Gasteiger charge is -2.40. The zero-order valence-electron chi connectivity index (χ0n) is 8.36. The first kappa shape index (κ1) is 11.1. The molecular formula is C7H21N3Si. The molecule has 0 aromatic carbocycles. The van der Waals surface area contributed by atoms with Gasteiger partial charge in [-0.15, -0.1) is 0 Å². The fourth-order valence-corrected chi connectivity index (χ4v) is 1.93. The van der Waals surface area contributed by atoms with Crippen LogP contribution in [0.1, 0.15) is 13.8 Å². The van der Waals surface area contributed by atoms with Crippen molar-refractivity contribution in [2.75, 3.05) is 27.2 Å². The van der Waals surface area contributed by atoms with Crippen molar-refractivity contribution in [2.24, 2.45) is 0 Å². The molecule has 0 aliphatic heterocycles. The molecule has 3 nitrogen and oxygen atoms in total. The molecule has 0 saturated heterocycles. The molecule has 68 valence electrons. The third-order valence-corrected chi connectivity index (χ3v) is 4.00. The maximum absolute atomic E-state index is 3.31. The zero-order chi connectivity index (χ0) is 8.91. The minimum atomic E-state index is 0.0729. The fourth-order valence-electron chi connectivity index (χ4n) is 1.30. The second-order valence-electron chi connectivity index (χ2n) is 2.74. The van der Waals surface area contributed by atoms with E-state index in [1.807, 2.05) is 14.1 Å². The highest BCUT2D eigenvalue weighted by Crippen LogP contribution is 2.00. The summed E-state index contributed by atoms with van der Waals surface area (Å²) in [6, 6.07) is 0. The summed E-state index contributed by atoms with van der Waals surface area (Å²) in [5, 5.41) is 6.61. The van der Waals surface area contributed by atoms with E-state index in [2.05, 4.69) is 29.4 Å². The molecule has 0 aliphatic rings. The average molecular weight is 175 g/mol. The lowest BCUT2D eigenvalue weighted by atomic mass is 10.5. The van der Waals surface area contributed by atoms with Gasteiger partial charge in [-0.3, -0.25) is 15.5 Å². The third kappa shape index (κ3) is 2.55. The minimum absolute atomic E-state index is 0.0729. The second-order valence-corrected chi connectivity index (χ2v) is 4.19. The van der Waals surface area contributed by atoms with Crippen LogP contribution in [0.4, 0.5) is 0 Å². The van der Waals surface area contributed by atoms with Gasteiger partial charge in [0, 0.05) is 0 Å². The fraction of sp³-hybridized carbons (Fsp3) is 1.00. The van der Waals surface area contributed by atoms with E-state index in [-0.39, 0.29) is 5.41 Å². The summed E-state index contributed by atoms with van der Waals surface area (Å²) in [7, 11) is 5.08. The summed E-state index contributed by atoms with van der Waals surface area (Å²) in [5.74, 6) is 0. The molecule has 0 fully saturated rings. The number of nitrogens with zero attached hydrogens (tertiary/aromatic N) is 1. The Morgan fingerprint density at radius 3 is 1.64 bits per heavy atom. The maximum Gasteiger partial charge on any atom is 0.0991 e. The predicted octanol–water partition coefficient (Wildman–Crippen LogP) is -1.26. The number of hydrogen-bond donors (Lipinski definition) is 2. The Labute approximate surface area is 73.0 Å². The van der Waals surface area contributed by atoms with Gasteiger partial charge in [-0.2, -0.15) is 0 Å². The van der Waals surface area contributed by atoms with Crippen LogP contribution in [0.15, 0.2) is 0 Å². The highest BCUT2D eigenvalue weighted by atomic mass is 28.1. The van der Waals surface area contributed by atoms with Crippen LogP contribution in [0.25, 0.3) is 0 Å². The summed E-state index contributed by atoms with van der Waals surface area (Å²) >= 11 is 0. The quantitative estimate of drug-likeness (QED) is 0.404. The summed E-state index contributed by atoms with van der Waals surface area (Å²) in [5.41, 5.74) is 0.0729. The highest BCUT2D eigenvalue weighted by molar-refractivity contribution is 6.14. The topological polar surface area (TPSA) is 27.3 Å². The van der Waals surface area contributed by atoms with Crippen molar-refractivity contribution in [1.82, 2.24) is 15.5 Å². The van der Waals surface area contributed by atoms with Crippen LogP contribution in [0.2, 0.25) is 0 Å². The molecule has 0 rings (SSSR count). The van der Waals surface area contributed by atoms with Gasteiger partial charge in [0.1, 0.15) is 0 Å². The van der Waals surface area contributed by atoms with Gasteiger partial charge in [-0.1, -0.05) is 13.8 Å². The third-order valence-electron chi connectivity index (χ3n) is 2.37. The van der Waals surface area contributed by atoms with E-state index in [9.17, 15) is 0 Å². The molecular weight excluding hydrogens is 154 g/mol. The van der Waals surface area contributed by atoms with Crippen LogP contribution in [-0.4, -0.2) is 47.7 Å². The predicted molar refractivity (Wildman–Crippen MR) is 53.7 cm³/mol. The Bertz CT molecular complexity index is 99.9. The van der Waals surface area contributed by atoms with E-state index in [4.69, 9.17) is 0 Å². The monoisotopic (exact) mass is 175 g/mol. The molecule has 0 radical (unpaired) electrons. The molecule has 0 aromatic rings. The van der Waals surface area contributed by atoms with E-state index in [0.717, 1.165) is 23.3 Å². The Kier molecular flexibility index (Phi) is 4.91. The largest absolute Gasteiger partial charge is 0.294 e. The first-order valence-electron chi connectivity index (χ1n) is 4.27. The molecule has 0 aliphatic carbocycles. The van der Waals surface area contributed by atoms with Gasteiger partial charge >= 0.3 is 0 Å². The van der Waals surface area contributed by atoms with Crippen molar-refractivity contribution < 1.29 is 0 Å². The zero-order valence-corrected chi connectivity index (χ0v) is 10.4. The smallest absolute Gasteiger partial charge is 0.0991 e. The summed E-state index contributed by atoms with van der Waals surface area (Å²) in [4.78, 5) is 2.39. The first-order chi connectivity index (χ1) is 5.14.